The summed E-state index contributed by atoms with van der Waals surface area (Å²) in [6, 6.07) is 0.0383. The first kappa shape index (κ1) is 17.4. The summed E-state index contributed by atoms with van der Waals surface area (Å²) >= 11 is 0. The number of aromatic nitrogens is 2. The molecule has 2 aliphatic rings. The molecule has 1 amide bonds. The standard InChI is InChI=1S/C16H24N6O3/c1-16(7-2-8-16)21-15-18-9-12(22(24)25)14(20-15)19-11-5-3-10(4-6-11)13(17)23/h9-11H,2-8H2,1H3,(H2,17,23)(H2,18,19,20,21)/t10-,11-. The Kier molecular flexibility index (Phi) is 4.73. The summed E-state index contributed by atoms with van der Waals surface area (Å²) in [6.45, 7) is 2.10. The fourth-order valence-electron chi connectivity index (χ4n) is 3.49. The number of anilines is 2. The van der Waals surface area contributed by atoms with Crippen LogP contribution in [0.2, 0.25) is 0 Å². The van der Waals surface area contributed by atoms with Gasteiger partial charge in [0.15, 0.2) is 0 Å². The molecule has 4 N–H and O–H groups in total. The van der Waals surface area contributed by atoms with Crippen LogP contribution in [0.3, 0.4) is 0 Å². The molecule has 0 unspecified atom stereocenters. The highest BCUT2D eigenvalue weighted by Crippen LogP contribution is 2.35. The van der Waals surface area contributed by atoms with Crippen LogP contribution < -0.4 is 16.4 Å². The van der Waals surface area contributed by atoms with Gasteiger partial charge in [-0.05, 0) is 51.9 Å². The number of nitro groups is 1. The van der Waals surface area contributed by atoms with E-state index >= 15 is 0 Å². The van der Waals surface area contributed by atoms with Crippen LogP contribution in [0, 0.1) is 16.0 Å². The van der Waals surface area contributed by atoms with E-state index in [9.17, 15) is 14.9 Å². The van der Waals surface area contributed by atoms with E-state index in [0.717, 1.165) is 32.1 Å². The Balaban J connectivity index is 1.72. The van der Waals surface area contributed by atoms with Crippen molar-refractivity contribution in [2.45, 2.75) is 63.5 Å². The maximum Gasteiger partial charge on any atom is 0.329 e. The molecule has 0 aromatic carbocycles. The molecule has 9 nitrogen and oxygen atoms in total. The highest BCUT2D eigenvalue weighted by Gasteiger charge is 2.33. The van der Waals surface area contributed by atoms with E-state index in [1.165, 1.54) is 6.20 Å². The minimum Gasteiger partial charge on any atom is -0.369 e. The number of nitrogens with zero attached hydrogens (tertiary/aromatic N) is 3. The molecule has 1 aromatic heterocycles. The summed E-state index contributed by atoms with van der Waals surface area (Å²) in [5.74, 6) is 0.259. The zero-order chi connectivity index (χ0) is 18.0. The summed E-state index contributed by atoms with van der Waals surface area (Å²) < 4.78 is 0. The van der Waals surface area contributed by atoms with Gasteiger partial charge in [0.25, 0.3) is 0 Å². The molecule has 0 spiro atoms. The zero-order valence-corrected chi connectivity index (χ0v) is 14.3. The van der Waals surface area contributed by atoms with Crippen LogP contribution in [0.15, 0.2) is 6.20 Å². The van der Waals surface area contributed by atoms with Gasteiger partial charge >= 0.3 is 5.69 Å². The number of rotatable bonds is 6. The Hall–Kier alpha value is -2.45. The second kappa shape index (κ2) is 6.81. The topological polar surface area (TPSA) is 136 Å². The number of carbonyl (C=O) groups is 1. The van der Waals surface area contributed by atoms with E-state index in [2.05, 4.69) is 27.5 Å². The summed E-state index contributed by atoms with van der Waals surface area (Å²) in [5, 5.41) is 17.7. The predicted molar refractivity (Wildman–Crippen MR) is 93.1 cm³/mol. The van der Waals surface area contributed by atoms with Gasteiger partial charge in [-0.3, -0.25) is 14.9 Å². The maximum atomic E-state index is 11.3. The van der Waals surface area contributed by atoms with Crippen LogP contribution in [0.1, 0.15) is 51.9 Å². The molecule has 0 bridgehead atoms. The Morgan fingerprint density at radius 1 is 1.36 bits per heavy atom. The summed E-state index contributed by atoms with van der Waals surface area (Å²) in [6.07, 6.45) is 7.31. The molecule has 9 heteroatoms. The van der Waals surface area contributed by atoms with Crippen LogP contribution in [-0.2, 0) is 4.79 Å². The van der Waals surface area contributed by atoms with E-state index in [4.69, 9.17) is 5.73 Å². The van der Waals surface area contributed by atoms with E-state index in [1.54, 1.807) is 0 Å². The van der Waals surface area contributed by atoms with Crippen LogP contribution in [0.25, 0.3) is 0 Å². The van der Waals surface area contributed by atoms with Crippen molar-refractivity contribution in [3.63, 3.8) is 0 Å². The summed E-state index contributed by atoms with van der Waals surface area (Å²) in [4.78, 5) is 30.5. The van der Waals surface area contributed by atoms with Gasteiger partial charge in [0, 0.05) is 17.5 Å². The molecule has 0 saturated heterocycles. The highest BCUT2D eigenvalue weighted by molar-refractivity contribution is 5.76. The molecule has 3 rings (SSSR count). The molecule has 2 aliphatic carbocycles. The van der Waals surface area contributed by atoms with Gasteiger partial charge in [0.2, 0.25) is 17.7 Å². The van der Waals surface area contributed by atoms with Crippen molar-refractivity contribution in [3.05, 3.63) is 16.3 Å². The molecule has 1 heterocycles. The summed E-state index contributed by atoms with van der Waals surface area (Å²) in [5.41, 5.74) is 5.18. The largest absolute Gasteiger partial charge is 0.369 e. The van der Waals surface area contributed by atoms with Crippen LogP contribution in [0.5, 0.6) is 0 Å². The lowest BCUT2D eigenvalue weighted by Gasteiger charge is -2.39. The van der Waals surface area contributed by atoms with Gasteiger partial charge in [-0.1, -0.05) is 0 Å². The SMILES string of the molecule is CC1(Nc2ncc([N+](=O)[O-])c(N[C@H]3CC[C@H](C(N)=O)CC3)n2)CCC1. The molecule has 0 atom stereocenters. The lowest BCUT2D eigenvalue weighted by atomic mass is 9.79. The monoisotopic (exact) mass is 348 g/mol. The minimum atomic E-state index is -0.480. The van der Waals surface area contributed by atoms with E-state index in [0.29, 0.717) is 18.8 Å². The molecule has 0 aliphatic heterocycles. The average molecular weight is 348 g/mol. The van der Waals surface area contributed by atoms with Crippen molar-refractivity contribution in [1.29, 1.82) is 0 Å². The van der Waals surface area contributed by atoms with Crippen molar-refractivity contribution in [2.75, 3.05) is 10.6 Å². The lowest BCUT2D eigenvalue weighted by molar-refractivity contribution is -0.384. The zero-order valence-electron chi connectivity index (χ0n) is 14.3. The minimum absolute atomic E-state index is 0.0348. The third-order valence-electron chi connectivity index (χ3n) is 5.31. The second-order valence-corrected chi connectivity index (χ2v) is 7.32. The van der Waals surface area contributed by atoms with Gasteiger partial charge in [-0.15, -0.1) is 0 Å². The number of nitrogens with two attached hydrogens (primary N) is 1. The quantitative estimate of drug-likeness (QED) is 0.529. The van der Waals surface area contributed by atoms with Crippen molar-refractivity contribution < 1.29 is 9.72 Å². The number of primary amides is 1. The predicted octanol–water partition coefficient (Wildman–Crippen LogP) is 2.20. The van der Waals surface area contributed by atoms with Gasteiger partial charge in [-0.25, -0.2) is 4.98 Å². The Morgan fingerprint density at radius 2 is 2.04 bits per heavy atom. The smallest absolute Gasteiger partial charge is 0.329 e. The third-order valence-corrected chi connectivity index (χ3v) is 5.31. The number of hydrogen-bond donors (Lipinski definition) is 3. The normalized spacial score (nSPS) is 24.8. The van der Waals surface area contributed by atoms with Crippen molar-refractivity contribution in [3.8, 4) is 0 Å². The fraction of sp³-hybridized carbons (Fsp3) is 0.688. The number of carbonyl (C=O) groups excluding carboxylic acids is 1. The maximum absolute atomic E-state index is 11.3. The fourth-order valence-corrected chi connectivity index (χ4v) is 3.49. The van der Waals surface area contributed by atoms with Gasteiger partial charge in [-0.2, -0.15) is 4.98 Å². The molecule has 136 valence electrons. The van der Waals surface area contributed by atoms with Crippen LogP contribution in [0.4, 0.5) is 17.5 Å². The van der Waals surface area contributed by atoms with Crippen molar-refractivity contribution >= 4 is 23.4 Å². The summed E-state index contributed by atoms with van der Waals surface area (Å²) in [7, 11) is 0. The number of amides is 1. The Morgan fingerprint density at radius 3 is 2.56 bits per heavy atom. The number of nitrogens with one attached hydrogen (secondary N) is 2. The average Bonchev–Trinajstić information content (AvgIpc) is 2.54. The van der Waals surface area contributed by atoms with E-state index < -0.39 is 4.92 Å². The van der Waals surface area contributed by atoms with E-state index in [-0.39, 0.29) is 34.9 Å². The molecular formula is C16H24N6O3. The first-order valence-corrected chi connectivity index (χ1v) is 8.72. The van der Waals surface area contributed by atoms with Crippen LogP contribution in [-0.4, -0.2) is 32.4 Å². The Bertz CT molecular complexity index is 668. The first-order chi connectivity index (χ1) is 11.9. The Labute approximate surface area is 145 Å². The van der Waals surface area contributed by atoms with E-state index in [1.807, 2.05) is 0 Å². The lowest BCUT2D eigenvalue weighted by Crippen LogP contribution is -2.42. The van der Waals surface area contributed by atoms with Gasteiger partial charge < -0.3 is 16.4 Å². The van der Waals surface area contributed by atoms with Gasteiger partial charge in [0.05, 0.1) is 4.92 Å². The molecule has 25 heavy (non-hydrogen) atoms. The molecule has 1 aromatic rings. The first-order valence-electron chi connectivity index (χ1n) is 8.72. The second-order valence-electron chi connectivity index (χ2n) is 7.32. The van der Waals surface area contributed by atoms with Crippen molar-refractivity contribution in [2.24, 2.45) is 11.7 Å². The third kappa shape index (κ3) is 3.97. The van der Waals surface area contributed by atoms with Crippen LogP contribution >= 0.6 is 0 Å². The van der Waals surface area contributed by atoms with Crippen molar-refractivity contribution in [1.82, 2.24) is 9.97 Å². The highest BCUT2D eigenvalue weighted by atomic mass is 16.6. The molecule has 2 saturated carbocycles. The number of hydrogen-bond acceptors (Lipinski definition) is 7. The molecule has 2 fully saturated rings. The molecular weight excluding hydrogens is 324 g/mol. The van der Waals surface area contributed by atoms with Gasteiger partial charge in [0.1, 0.15) is 6.20 Å². The molecule has 0 radical (unpaired) electrons.